The molecule has 0 spiro atoms. The molecule has 0 bridgehead atoms. The fourth-order valence-corrected chi connectivity index (χ4v) is 3.29. The lowest BCUT2D eigenvalue weighted by Crippen LogP contribution is -2.40. The van der Waals surface area contributed by atoms with E-state index in [1.165, 1.54) is 19.1 Å². The van der Waals surface area contributed by atoms with Crippen molar-refractivity contribution in [3.63, 3.8) is 0 Å². The van der Waals surface area contributed by atoms with Crippen LogP contribution in [-0.4, -0.2) is 45.0 Å². The van der Waals surface area contributed by atoms with Gasteiger partial charge in [0.25, 0.3) is 0 Å². The van der Waals surface area contributed by atoms with E-state index in [9.17, 15) is 14.4 Å². The molecule has 0 saturated carbocycles. The van der Waals surface area contributed by atoms with Crippen LogP contribution in [-0.2, 0) is 20.9 Å². The molecule has 0 aliphatic carbocycles. The predicted octanol–water partition coefficient (Wildman–Crippen LogP) is 1.49. The Kier molecular flexibility index (Phi) is 6.90. The van der Waals surface area contributed by atoms with Gasteiger partial charge in [0.1, 0.15) is 11.5 Å². The molecule has 3 amide bonds. The fraction of sp³-hybridized carbons (Fsp3) is 0.318. The summed E-state index contributed by atoms with van der Waals surface area (Å²) in [6, 6.07) is 14.7. The molecule has 2 aromatic carbocycles. The topological polar surface area (TPSA) is 97.0 Å². The number of methoxy groups -OCH3 is 2. The van der Waals surface area contributed by atoms with Gasteiger partial charge in [-0.1, -0.05) is 30.3 Å². The smallest absolute Gasteiger partial charge is 0.239 e. The highest BCUT2D eigenvalue weighted by Gasteiger charge is 2.36. The maximum atomic E-state index is 12.5. The summed E-state index contributed by atoms with van der Waals surface area (Å²) in [5, 5.41) is 5.37. The minimum absolute atomic E-state index is 0.0673. The van der Waals surface area contributed by atoms with Crippen molar-refractivity contribution in [2.45, 2.75) is 13.0 Å². The number of carbonyl (C=O) groups is 3. The van der Waals surface area contributed by atoms with Crippen LogP contribution in [0.15, 0.2) is 48.5 Å². The summed E-state index contributed by atoms with van der Waals surface area (Å²) in [5.74, 6) is -0.247. The maximum absolute atomic E-state index is 12.5. The summed E-state index contributed by atoms with van der Waals surface area (Å²) in [5.41, 5.74) is 1.53. The highest BCUT2D eigenvalue weighted by atomic mass is 16.5. The number of anilines is 1. The number of nitrogens with one attached hydrogen (secondary N) is 2. The third-order valence-corrected chi connectivity index (χ3v) is 4.93. The zero-order valence-electron chi connectivity index (χ0n) is 17.0. The van der Waals surface area contributed by atoms with Gasteiger partial charge in [-0.25, -0.2) is 0 Å². The maximum Gasteiger partial charge on any atom is 0.239 e. The van der Waals surface area contributed by atoms with Crippen LogP contribution in [0.3, 0.4) is 0 Å². The number of ether oxygens (including phenoxy) is 2. The fourth-order valence-electron chi connectivity index (χ4n) is 3.29. The van der Waals surface area contributed by atoms with Crippen molar-refractivity contribution in [1.82, 2.24) is 10.6 Å². The molecule has 158 valence electrons. The van der Waals surface area contributed by atoms with Gasteiger partial charge in [0.2, 0.25) is 17.7 Å². The Labute approximate surface area is 175 Å². The summed E-state index contributed by atoms with van der Waals surface area (Å²) in [6.45, 7) is 0.458. The lowest BCUT2D eigenvalue weighted by atomic mass is 10.1. The van der Waals surface area contributed by atoms with Crippen LogP contribution in [0.5, 0.6) is 11.5 Å². The minimum atomic E-state index is -0.546. The van der Waals surface area contributed by atoms with Crippen molar-refractivity contribution in [2.24, 2.45) is 5.92 Å². The van der Waals surface area contributed by atoms with Gasteiger partial charge in [0, 0.05) is 25.6 Å². The molecule has 2 N–H and O–H groups in total. The van der Waals surface area contributed by atoms with Gasteiger partial charge in [0.05, 0.1) is 32.4 Å². The van der Waals surface area contributed by atoms with E-state index < -0.39 is 5.92 Å². The Morgan fingerprint density at radius 2 is 1.83 bits per heavy atom. The molecule has 3 rings (SSSR count). The van der Waals surface area contributed by atoms with Gasteiger partial charge < -0.3 is 25.0 Å². The molecular weight excluding hydrogens is 386 g/mol. The molecule has 1 aliphatic rings. The molecule has 1 saturated heterocycles. The first-order valence-electron chi connectivity index (χ1n) is 9.62. The first-order chi connectivity index (χ1) is 14.5. The van der Waals surface area contributed by atoms with E-state index in [1.807, 2.05) is 30.3 Å². The second kappa shape index (κ2) is 9.78. The molecule has 0 radical (unpaired) electrons. The zero-order chi connectivity index (χ0) is 21.5. The van der Waals surface area contributed by atoms with E-state index in [1.54, 1.807) is 18.2 Å². The van der Waals surface area contributed by atoms with Gasteiger partial charge in [-0.2, -0.15) is 0 Å². The molecule has 1 fully saturated rings. The van der Waals surface area contributed by atoms with Crippen molar-refractivity contribution >= 4 is 23.4 Å². The van der Waals surface area contributed by atoms with E-state index in [0.29, 0.717) is 23.7 Å². The van der Waals surface area contributed by atoms with Crippen LogP contribution in [0.1, 0.15) is 12.0 Å². The summed E-state index contributed by atoms with van der Waals surface area (Å²) >= 11 is 0. The molecule has 1 aliphatic heterocycles. The molecule has 8 heteroatoms. The van der Waals surface area contributed by atoms with Gasteiger partial charge in [-0.3, -0.25) is 14.4 Å². The zero-order valence-corrected chi connectivity index (χ0v) is 17.0. The first-order valence-corrected chi connectivity index (χ1v) is 9.62. The summed E-state index contributed by atoms with van der Waals surface area (Å²) in [7, 11) is 3.06. The van der Waals surface area contributed by atoms with E-state index in [0.717, 1.165) is 5.56 Å². The Hall–Kier alpha value is -3.55. The number of nitrogens with zero attached hydrogens (tertiary/aromatic N) is 1. The van der Waals surface area contributed by atoms with E-state index in [2.05, 4.69) is 10.6 Å². The Morgan fingerprint density at radius 1 is 1.07 bits per heavy atom. The van der Waals surface area contributed by atoms with E-state index >= 15 is 0 Å². The Morgan fingerprint density at radius 3 is 2.53 bits per heavy atom. The minimum Gasteiger partial charge on any atom is -0.497 e. The first kappa shape index (κ1) is 21.2. The van der Waals surface area contributed by atoms with Gasteiger partial charge >= 0.3 is 0 Å². The van der Waals surface area contributed by atoms with Crippen molar-refractivity contribution < 1.29 is 23.9 Å². The second-order valence-electron chi connectivity index (χ2n) is 6.92. The highest BCUT2D eigenvalue weighted by molar-refractivity contribution is 6.01. The van der Waals surface area contributed by atoms with Gasteiger partial charge in [0.15, 0.2) is 0 Å². The predicted molar refractivity (Wildman–Crippen MR) is 111 cm³/mol. The van der Waals surface area contributed by atoms with Crippen molar-refractivity contribution in [3.05, 3.63) is 54.1 Å². The van der Waals surface area contributed by atoms with E-state index in [-0.39, 0.29) is 37.2 Å². The molecule has 2 aromatic rings. The summed E-state index contributed by atoms with van der Waals surface area (Å²) < 4.78 is 10.6. The van der Waals surface area contributed by atoms with Gasteiger partial charge in [-0.05, 0) is 17.7 Å². The molecular formula is C22H25N3O5. The van der Waals surface area contributed by atoms with Crippen LogP contribution >= 0.6 is 0 Å². The lowest BCUT2D eigenvalue weighted by molar-refractivity contribution is -0.129. The molecule has 0 aromatic heterocycles. The summed E-state index contributed by atoms with van der Waals surface area (Å²) in [4.78, 5) is 38.5. The summed E-state index contributed by atoms with van der Waals surface area (Å²) in [6.07, 6.45) is 0.0673. The SMILES string of the molecule is COc1ccc(OC)c(N2CC(C(=O)NCC(=O)NCc3ccccc3)CC2=O)c1. The average Bonchev–Trinajstić information content (AvgIpc) is 3.17. The number of hydrogen-bond donors (Lipinski definition) is 2. The largest absolute Gasteiger partial charge is 0.497 e. The van der Waals surface area contributed by atoms with Crippen LogP contribution < -0.4 is 25.0 Å². The Balaban J connectivity index is 1.54. The molecule has 1 heterocycles. The van der Waals surface area contributed by atoms with Crippen molar-refractivity contribution in [2.75, 3.05) is 32.2 Å². The quantitative estimate of drug-likeness (QED) is 0.686. The third kappa shape index (κ3) is 5.08. The van der Waals surface area contributed by atoms with Crippen LogP contribution in [0.2, 0.25) is 0 Å². The van der Waals surface area contributed by atoms with E-state index in [4.69, 9.17) is 9.47 Å². The number of rotatable bonds is 8. The number of carbonyl (C=O) groups excluding carboxylic acids is 3. The molecule has 1 unspecified atom stereocenters. The van der Waals surface area contributed by atoms with Crippen LogP contribution in [0.25, 0.3) is 0 Å². The second-order valence-corrected chi connectivity index (χ2v) is 6.92. The van der Waals surface area contributed by atoms with Crippen molar-refractivity contribution in [1.29, 1.82) is 0 Å². The van der Waals surface area contributed by atoms with Crippen LogP contribution in [0, 0.1) is 5.92 Å². The standard InChI is InChI=1S/C22H25N3O5/c1-29-17-8-9-19(30-2)18(11-17)25-14-16(10-21(25)27)22(28)24-13-20(26)23-12-15-6-4-3-5-7-15/h3-9,11,16H,10,12-14H2,1-2H3,(H,23,26)(H,24,28). The normalized spacial score (nSPS) is 15.6. The molecule has 8 nitrogen and oxygen atoms in total. The third-order valence-electron chi connectivity index (χ3n) is 4.93. The number of hydrogen-bond acceptors (Lipinski definition) is 5. The number of amides is 3. The molecule has 30 heavy (non-hydrogen) atoms. The van der Waals surface area contributed by atoms with Gasteiger partial charge in [-0.15, -0.1) is 0 Å². The Bertz CT molecular complexity index is 916. The molecule has 1 atom stereocenters. The average molecular weight is 411 g/mol. The number of benzene rings is 2. The highest BCUT2D eigenvalue weighted by Crippen LogP contribution is 2.36. The monoisotopic (exact) mass is 411 g/mol. The lowest BCUT2D eigenvalue weighted by Gasteiger charge is -2.20. The van der Waals surface area contributed by atoms with Crippen molar-refractivity contribution in [3.8, 4) is 11.5 Å². The van der Waals surface area contributed by atoms with Crippen LogP contribution in [0.4, 0.5) is 5.69 Å².